The summed E-state index contributed by atoms with van der Waals surface area (Å²) >= 11 is 3.14. The first-order valence-electron chi connectivity index (χ1n) is 5.23. The zero-order valence-electron chi connectivity index (χ0n) is 10.1. The van der Waals surface area contributed by atoms with E-state index in [9.17, 15) is 13.2 Å². The third kappa shape index (κ3) is 2.80. The first-order valence-corrected chi connectivity index (χ1v) is 7.50. The minimum Gasteiger partial charge on any atom is -0.478 e. The molecule has 20 heavy (non-hydrogen) atoms. The molecule has 0 aliphatic carbocycles. The van der Waals surface area contributed by atoms with Gasteiger partial charge < -0.3 is 5.11 Å². The maximum Gasteiger partial charge on any atom is 0.335 e. The number of hydrogen-bond donors (Lipinski definition) is 3. The number of nitrogens with zero attached hydrogens (tertiary/aromatic N) is 2. The van der Waals surface area contributed by atoms with Gasteiger partial charge in [-0.25, -0.2) is 23.0 Å². The molecule has 1 aromatic heterocycles. The Kier molecular flexibility index (Phi) is 3.77. The number of anilines is 1. The maximum absolute atomic E-state index is 12.2. The normalized spacial score (nSPS) is 11.3. The molecule has 10 heteroatoms. The molecule has 2 rings (SSSR count). The number of sulfonamides is 1. The topological polar surface area (TPSA) is 125 Å². The minimum absolute atomic E-state index is 0.0544. The molecule has 1 heterocycles. The molecule has 0 saturated carbocycles. The van der Waals surface area contributed by atoms with Crippen LogP contribution in [0.2, 0.25) is 0 Å². The van der Waals surface area contributed by atoms with Gasteiger partial charge in [-0.3, -0.25) is 0 Å². The monoisotopic (exact) mass is 360 g/mol. The van der Waals surface area contributed by atoms with Crippen molar-refractivity contribution in [3.63, 3.8) is 0 Å². The molecule has 1 aromatic carbocycles. The Morgan fingerprint density at radius 3 is 2.70 bits per heavy atom. The Balaban J connectivity index is 2.53. The van der Waals surface area contributed by atoms with Gasteiger partial charge in [0, 0.05) is 4.47 Å². The first-order chi connectivity index (χ1) is 9.31. The molecule has 0 saturated heterocycles. The van der Waals surface area contributed by atoms with Crippen molar-refractivity contribution in [2.24, 2.45) is 0 Å². The highest BCUT2D eigenvalue weighted by molar-refractivity contribution is 9.10. The van der Waals surface area contributed by atoms with Crippen LogP contribution in [0.15, 0.2) is 27.8 Å². The number of aromatic nitrogens is 3. The van der Waals surface area contributed by atoms with Crippen molar-refractivity contribution in [2.75, 3.05) is 4.72 Å². The van der Waals surface area contributed by atoms with E-state index in [0.29, 0.717) is 10.0 Å². The lowest BCUT2D eigenvalue weighted by molar-refractivity contribution is 0.0696. The fourth-order valence-electron chi connectivity index (χ4n) is 1.49. The molecule has 106 valence electrons. The van der Waals surface area contributed by atoms with E-state index in [2.05, 4.69) is 35.8 Å². The Morgan fingerprint density at radius 1 is 1.45 bits per heavy atom. The molecule has 0 atom stereocenters. The van der Waals surface area contributed by atoms with E-state index in [1.54, 1.807) is 6.92 Å². The number of nitrogens with one attached hydrogen (secondary N) is 2. The summed E-state index contributed by atoms with van der Waals surface area (Å²) in [5, 5.41) is 14.9. The zero-order chi connectivity index (χ0) is 14.9. The number of halogens is 1. The molecule has 0 aliphatic heterocycles. The summed E-state index contributed by atoms with van der Waals surface area (Å²) < 4.78 is 27.0. The van der Waals surface area contributed by atoms with Crippen LogP contribution in [0.1, 0.15) is 15.9 Å². The van der Waals surface area contributed by atoms with Crippen molar-refractivity contribution >= 4 is 37.9 Å². The van der Waals surface area contributed by atoms with E-state index in [1.807, 2.05) is 0 Å². The number of benzene rings is 1. The number of aromatic carboxylic acids is 1. The summed E-state index contributed by atoms with van der Waals surface area (Å²) in [5.41, 5.74) is 0.252. The molecular weight excluding hydrogens is 352 g/mol. The van der Waals surface area contributed by atoms with Gasteiger partial charge in [-0.1, -0.05) is 15.9 Å². The van der Waals surface area contributed by atoms with Crippen molar-refractivity contribution in [2.45, 2.75) is 11.8 Å². The van der Waals surface area contributed by atoms with Crippen molar-refractivity contribution in [3.8, 4) is 0 Å². The van der Waals surface area contributed by atoms with Gasteiger partial charge in [0.2, 0.25) is 5.95 Å². The average molecular weight is 361 g/mol. The fourth-order valence-corrected chi connectivity index (χ4v) is 3.34. The molecule has 0 fully saturated rings. The summed E-state index contributed by atoms with van der Waals surface area (Å²) in [6.07, 6.45) is 1.15. The van der Waals surface area contributed by atoms with Crippen LogP contribution in [0.25, 0.3) is 0 Å². The van der Waals surface area contributed by atoms with Gasteiger partial charge in [0.25, 0.3) is 10.0 Å². The second kappa shape index (κ2) is 5.21. The van der Waals surface area contributed by atoms with Gasteiger partial charge >= 0.3 is 5.97 Å². The maximum atomic E-state index is 12.2. The molecule has 3 N–H and O–H groups in total. The first kappa shape index (κ1) is 14.5. The lowest BCUT2D eigenvalue weighted by Crippen LogP contribution is -2.16. The van der Waals surface area contributed by atoms with Crippen LogP contribution >= 0.6 is 15.9 Å². The largest absolute Gasteiger partial charge is 0.478 e. The van der Waals surface area contributed by atoms with Gasteiger partial charge in [0.1, 0.15) is 6.33 Å². The highest BCUT2D eigenvalue weighted by Crippen LogP contribution is 2.26. The summed E-state index contributed by atoms with van der Waals surface area (Å²) in [6, 6.07) is 2.42. The number of H-pyrrole nitrogens is 1. The summed E-state index contributed by atoms with van der Waals surface area (Å²) in [5.74, 6) is -1.27. The lowest BCUT2D eigenvalue weighted by Gasteiger charge is -2.10. The Labute approximate surface area is 122 Å². The second-order valence-corrected chi connectivity index (χ2v) is 6.33. The van der Waals surface area contributed by atoms with Crippen molar-refractivity contribution in [1.82, 2.24) is 15.2 Å². The van der Waals surface area contributed by atoms with Gasteiger partial charge in [-0.15, -0.1) is 0 Å². The molecule has 0 amide bonds. The van der Waals surface area contributed by atoms with E-state index in [1.165, 1.54) is 6.07 Å². The number of rotatable bonds is 4. The molecule has 0 unspecified atom stereocenters. The van der Waals surface area contributed by atoms with Crippen LogP contribution < -0.4 is 4.72 Å². The summed E-state index contributed by atoms with van der Waals surface area (Å²) in [4.78, 5) is 14.5. The molecule has 2 aromatic rings. The predicted molar refractivity (Wildman–Crippen MR) is 73.0 cm³/mol. The smallest absolute Gasteiger partial charge is 0.335 e. The van der Waals surface area contributed by atoms with Gasteiger partial charge in [-0.05, 0) is 24.6 Å². The molecule has 0 radical (unpaired) electrons. The van der Waals surface area contributed by atoms with Crippen LogP contribution in [0.5, 0.6) is 0 Å². The van der Waals surface area contributed by atoms with Crippen LogP contribution in [0, 0.1) is 6.92 Å². The second-order valence-electron chi connectivity index (χ2n) is 3.83. The van der Waals surface area contributed by atoms with Crippen molar-refractivity contribution < 1.29 is 18.3 Å². The van der Waals surface area contributed by atoms with E-state index < -0.39 is 16.0 Å². The number of hydrogen-bond acceptors (Lipinski definition) is 5. The van der Waals surface area contributed by atoms with Crippen LogP contribution in [-0.2, 0) is 10.0 Å². The summed E-state index contributed by atoms with van der Waals surface area (Å²) in [7, 11) is -3.97. The van der Waals surface area contributed by atoms with E-state index in [4.69, 9.17) is 5.11 Å². The zero-order valence-corrected chi connectivity index (χ0v) is 12.5. The lowest BCUT2D eigenvalue weighted by atomic mass is 10.1. The average Bonchev–Trinajstić information content (AvgIpc) is 2.83. The van der Waals surface area contributed by atoms with E-state index >= 15 is 0 Å². The van der Waals surface area contributed by atoms with Gasteiger partial charge in [-0.2, -0.15) is 10.1 Å². The highest BCUT2D eigenvalue weighted by atomic mass is 79.9. The number of carboxylic acids is 1. The quantitative estimate of drug-likeness (QED) is 0.755. The Morgan fingerprint density at radius 2 is 2.15 bits per heavy atom. The van der Waals surface area contributed by atoms with E-state index in [-0.39, 0.29) is 16.4 Å². The fraction of sp³-hybridized carbons (Fsp3) is 0.100. The standard InChI is InChI=1S/C10H9BrN4O4S/c1-5-7(11)2-6(9(16)17)3-8(5)20(18,19)15-10-12-4-13-14-10/h2-4H,1H3,(H,16,17)(H2,12,13,14,15). The van der Waals surface area contributed by atoms with Crippen molar-refractivity contribution in [1.29, 1.82) is 0 Å². The number of aromatic amines is 1. The Hall–Kier alpha value is -1.94. The highest BCUT2D eigenvalue weighted by Gasteiger charge is 2.22. The molecular formula is C10H9BrN4O4S. The third-order valence-electron chi connectivity index (χ3n) is 2.48. The number of carboxylic acid groups (broad SMARTS) is 1. The van der Waals surface area contributed by atoms with Gasteiger partial charge in [0.15, 0.2) is 0 Å². The van der Waals surface area contributed by atoms with Crippen LogP contribution in [0.3, 0.4) is 0 Å². The third-order valence-corrected chi connectivity index (χ3v) is 4.77. The molecule has 8 nitrogen and oxygen atoms in total. The Bertz CT molecular complexity index is 758. The molecule has 0 bridgehead atoms. The van der Waals surface area contributed by atoms with Gasteiger partial charge in [0.05, 0.1) is 10.5 Å². The SMILES string of the molecule is Cc1c(Br)cc(C(=O)O)cc1S(=O)(=O)Nc1ncn[nH]1. The summed E-state index contributed by atoms with van der Waals surface area (Å²) in [6.45, 7) is 1.56. The minimum atomic E-state index is -3.97. The molecule has 0 aliphatic rings. The predicted octanol–water partition coefficient (Wildman–Crippen LogP) is 1.37. The van der Waals surface area contributed by atoms with Crippen LogP contribution in [-0.4, -0.2) is 34.7 Å². The number of carbonyl (C=O) groups is 1. The molecule has 0 spiro atoms. The van der Waals surface area contributed by atoms with Crippen LogP contribution in [0.4, 0.5) is 5.95 Å². The van der Waals surface area contributed by atoms with Crippen molar-refractivity contribution in [3.05, 3.63) is 34.1 Å². The van der Waals surface area contributed by atoms with E-state index in [0.717, 1.165) is 12.4 Å².